The summed E-state index contributed by atoms with van der Waals surface area (Å²) in [6.45, 7) is 2.89. The Labute approximate surface area is 152 Å². The highest BCUT2D eigenvalue weighted by Gasteiger charge is 2.19. The quantitative estimate of drug-likeness (QED) is 0.880. The molecule has 6 heteroatoms. The van der Waals surface area contributed by atoms with Gasteiger partial charge >= 0.3 is 0 Å². The third kappa shape index (κ3) is 4.61. The standard InChI is InChI=1S/C18H18Cl2N4/c19-15-7-14(8-16(20)9-15)12-24-5-3-17(4-6-24)23-18-2-1-13(10-21)11-22-18/h1-2,7-9,11,17H,3-6,12H2,(H,22,23). The van der Waals surface area contributed by atoms with E-state index >= 15 is 0 Å². The average molecular weight is 361 g/mol. The molecule has 2 heterocycles. The van der Waals surface area contributed by atoms with Gasteiger partial charge in [-0.15, -0.1) is 0 Å². The monoisotopic (exact) mass is 360 g/mol. The van der Waals surface area contributed by atoms with Crippen molar-refractivity contribution in [1.82, 2.24) is 9.88 Å². The zero-order valence-electron chi connectivity index (χ0n) is 13.2. The first kappa shape index (κ1) is 17.0. The van der Waals surface area contributed by atoms with E-state index in [1.54, 1.807) is 18.3 Å². The molecule has 0 radical (unpaired) electrons. The summed E-state index contributed by atoms with van der Waals surface area (Å²) in [7, 11) is 0. The molecule has 3 rings (SSSR count). The molecule has 4 nitrogen and oxygen atoms in total. The van der Waals surface area contributed by atoms with Crippen LogP contribution in [0.2, 0.25) is 10.0 Å². The molecule has 0 bridgehead atoms. The van der Waals surface area contributed by atoms with Crippen LogP contribution in [0.4, 0.5) is 5.82 Å². The van der Waals surface area contributed by atoms with Crippen LogP contribution in [0, 0.1) is 11.3 Å². The van der Waals surface area contributed by atoms with Crippen LogP contribution in [0.3, 0.4) is 0 Å². The van der Waals surface area contributed by atoms with Crippen molar-refractivity contribution in [3.05, 3.63) is 57.7 Å². The van der Waals surface area contributed by atoms with Crippen molar-refractivity contribution in [2.24, 2.45) is 0 Å². The Kier molecular flexibility index (Phi) is 5.57. The van der Waals surface area contributed by atoms with Crippen LogP contribution in [-0.2, 0) is 6.54 Å². The molecular weight excluding hydrogens is 343 g/mol. The predicted molar refractivity (Wildman–Crippen MR) is 97.3 cm³/mol. The lowest BCUT2D eigenvalue weighted by Crippen LogP contribution is -2.38. The van der Waals surface area contributed by atoms with Crippen molar-refractivity contribution in [1.29, 1.82) is 5.26 Å². The van der Waals surface area contributed by atoms with Crippen LogP contribution in [-0.4, -0.2) is 29.0 Å². The minimum absolute atomic E-state index is 0.407. The molecule has 1 aliphatic heterocycles. The summed E-state index contributed by atoms with van der Waals surface area (Å²) in [5.41, 5.74) is 1.73. The maximum Gasteiger partial charge on any atom is 0.126 e. The second kappa shape index (κ2) is 7.85. The fourth-order valence-corrected chi connectivity index (χ4v) is 3.52. The lowest BCUT2D eigenvalue weighted by molar-refractivity contribution is 0.211. The number of piperidine rings is 1. The zero-order chi connectivity index (χ0) is 16.9. The molecule has 24 heavy (non-hydrogen) atoms. The van der Waals surface area contributed by atoms with Crippen molar-refractivity contribution < 1.29 is 0 Å². The Morgan fingerprint density at radius 3 is 2.46 bits per heavy atom. The minimum atomic E-state index is 0.407. The van der Waals surface area contributed by atoms with Crippen LogP contribution in [0.25, 0.3) is 0 Å². The number of nitriles is 1. The average Bonchev–Trinajstić information content (AvgIpc) is 2.56. The van der Waals surface area contributed by atoms with E-state index in [-0.39, 0.29) is 0 Å². The van der Waals surface area contributed by atoms with E-state index in [1.165, 1.54) is 0 Å². The van der Waals surface area contributed by atoms with Crippen molar-refractivity contribution in [3.8, 4) is 6.07 Å². The highest BCUT2D eigenvalue weighted by Crippen LogP contribution is 2.22. The topological polar surface area (TPSA) is 52.0 Å². The number of aromatic nitrogens is 1. The minimum Gasteiger partial charge on any atom is -0.367 e. The molecule has 124 valence electrons. The van der Waals surface area contributed by atoms with Gasteiger partial charge in [0, 0.05) is 41.9 Å². The largest absolute Gasteiger partial charge is 0.367 e. The van der Waals surface area contributed by atoms with Crippen molar-refractivity contribution in [3.63, 3.8) is 0 Å². The van der Waals surface area contributed by atoms with E-state index < -0.39 is 0 Å². The zero-order valence-corrected chi connectivity index (χ0v) is 14.7. The summed E-state index contributed by atoms with van der Waals surface area (Å²) in [6, 6.07) is 11.8. The van der Waals surface area contributed by atoms with E-state index in [1.807, 2.05) is 18.2 Å². The van der Waals surface area contributed by atoms with Gasteiger partial charge in [-0.2, -0.15) is 5.26 Å². The fraction of sp³-hybridized carbons (Fsp3) is 0.333. The highest BCUT2D eigenvalue weighted by atomic mass is 35.5. The molecule has 1 aromatic carbocycles. The lowest BCUT2D eigenvalue weighted by atomic mass is 10.0. The number of hydrogen-bond acceptors (Lipinski definition) is 4. The molecule has 1 N–H and O–H groups in total. The number of anilines is 1. The number of benzene rings is 1. The van der Waals surface area contributed by atoms with Crippen molar-refractivity contribution >= 4 is 29.0 Å². The molecule has 0 spiro atoms. The number of nitrogens with one attached hydrogen (secondary N) is 1. The Balaban J connectivity index is 1.51. The Morgan fingerprint density at radius 1 is 1.17 bits per heavy atom. The number of pyridine rings is 1. The lowest BCUT2D eigenvalue weighted by Gasteiger charge is -2.32. The number of likely N-dealkylation sites (tertiary alicyclic amines) is 1. The second-order valence-corrected chi connectivity index (χ2v) is 6.89. The molecule has 0 aliphatic carbocycles. The molecule has 1 fully saturated rings. The van der Waals surface area contributed by atoms with Crippen molar-refractivity contribution in [2.75, 3.05) is 18.4 Å². The summed E-state index contributed by atoms with van der Waals surface area (Å²) >= 11 is 12.1. The summed E-state index contributed by atoms with van der Waals surface area (Å²) in [4.78, 5) is 6.68. The van der Waals surface area contributed by atoms with Crippen LogP contribution in [0.1, 0.15) is 24.0 Å². The van der Waals surface area contributed by atoms with E-state index in [0.29, 0.717) is 21.7 Å². The first-order chi connectivity index (χ1) is 11.6. The van der Waals surface area contributed by atoms with Gasteiger partial charge in [-0.25, -0.2) is 4.98 Å². The van der Waals surface area contributed by atoms with Crippen LogP contribution in [0.15, 0.2) is 36.5 Å². The van der Waals surface area contributed by atoms with E-state index in [0.717, 1.165) is 43.9 Å². The van der Waals surface area contributed by atoms with Gasteiger partial charge in [0.25, 0.3) is 0 Å². The SMILES string of the molecule is N#Cc1ccc(NC2CCN(Cc3cc(Cl)cc(Cl)c3)CC2)nc1. The normalized spacial score (nSPS) is 15.9. The van der Waals surface area contributed by atoms with E-state index in [4.69, 9.17) is 28.5 Å². The van der Waals surface area contributed by atoms with Crippen LogP contribution >= 0.6 is 23.2 Å². The predicted octanol–water partition coefficient (Wildman–Crippen LogP) is 4.34. The second-order valence-electron chi connectivity index (χ2n) is 6.02. The molecule has 0 atom stereocenters. The van der Waals surface area contributed by atoms with E-state index in [2.05, 4.69) is 21.3 Å². The molecule has 0 saturated carbocycles. The van der Waals surface area contributed by atoms with Gasteiger partial charge in [-0.05, 0) is 48.7 Å². The van der Waals surface area contributed by atoms with Gasteiger partial charge in [0.2, 0.25) is 0 Å². The summed E-state index contributed by atoms with van der Waals surface area (Å²) in [6.07, 6.45) is 3.70. The molecule has 1 saturated heterocycles. The van der Waals surface area contributed by atoms with E-state index in [9.17, 15) is 0 Å². The summed E-state index contributed by atoms with van der Waals surface area (Å²) < 4.78 is 0. The molecule has 2 aromatic rings. The number of nitrogens with zero attached hydrogens (tertiary/aromatic N) is 3. The maximum absolute atomic E-state index is 8.80. The van der Waals surface area contributed by atoms with Gasteiger partial charge in [-0.1, -0.05) is 23.2 Å². The van der Waals surface area contributed by atoms with Gasteiger partial charge < -0.3 is 5.32 Å². The summed E-state index contributed by atoms with van der Waals surface area (Å²) in [5, 5.41) is 13.6. The van der Waals surface area contributed by atoms with Gasteiger partial charge in [0.15, 0.2) is 0 Å². The molecular formula is C18H18Cl2N4. The van der Waals surface area contributed by atoms with Gasteiger partial charge in [-0.3, -0.25) is 4.90 Å². The Hall–Kier alpha value is -1.80. The first-order valence-electron chi connectivity index (χ1n) is 7.92. The van der Waals surface area contributed by atoms with Crippen molar-refractivity contribution in [2.45, 2.75) is 25.4 Å². The maximum atomic E-state index is 8.80. The van der Waals surface area contributed by atoms with Crippen LogP contribution in [0.5, 0.6) is 0 Å². The number of hydrogen-bond donors (Lipinski definition) is 1. The highest BCUT2D eigenvalue weighted by molar-refractivity contribution is 6.34. The Morgan fingerprint density at radius 2 is 1.88 bits per heavy atom. The van der Waals surface area contributed by atoms with Gasteiger partial charge in [0.1, 0.15) is 11.9 Å². The fourth-order valence-electron chi connectivity index (χ4n) is 2.95. The third-order valence-electron chi connectivity index (χ3n) is 4.16. The summed E-state index contributed by atoms with van der Waals surface area (Å²) in [5.74, 6) is 0.828. The number of halogens is 2. The molecule has 1 aromatic heterocycles. The molecule has 1 aliphatic rings. The smallest absolute Gasteiger partial charge is 0.126 e. The third-order valence-corrected chi connectivity index (χ3v) is 4.60. The molecule has 0 unspecified atom stereocenters. The van der Waals surface area contributed by atoms with Gasteiger partial charge in [0.05, 0.1) is 5.56 Å². The molecule has 0 amide bonds. The Bertz CT molecular complexity index is 711. The first-order valence-corrected chi connectivity index (χ1v) is 8.68. The number of rotatable bonds is 4. The van der Waals surface area contributed by atoms with Crippen LogP contribution < -0.4 is 5.32 Å².